The molecule has 162 valence electrons. The van der Waals surface area contributed by atoms with Gasteiger partial charge in [-0.3, -0.25) is 9.59 Å². The summed E-state index contributed by atoms with van der Waals surface area (Å²) in [6.45, 7) is 4.66. The summed E-state index contributed by atoms with van der Waals surface area (Å²) in [5.41, 5.74) is 2.09. The Labute approximate surface area is 181 Å². The van der Waals surface area contributed by atoms with Crippen LogP contribution in [0.3, 0.4) is 0 Å². The SMILES string of the molecule is CC(C)CC(=O)Nc1ccc(OCc2cc(C(=O)NCCc3ccccc3)no2)cc1. The first-order valence-electron chi connectivity index (χ1n) is 10.3. The summed E-state index contributed by atoms with van der Waals surface area (Å²) in [6.07, 6.45) is 1.22. The molecule has 0 aliphatic rings. The van der Waals surface area contributed by atoms with Crippen LogP contribution in [0.2, 0.25) is 0 Å². The van der Waals surface area contributed by atoms with E-state index in [2.05, 4.69) is 15.8 Å². The van der Waals surface area contributed by atoms with Gasteiger partial charge in [0.15, 0.2) is 11.5 Å². The van der Waals surface area contributed by atoms with Crippen LogP contribution in [0.15, 0.2) is 65.2 Å². The van der Waals surface area contributed by atoms with Crippen molar-refractivity contribution in [2.45, 2.75) is 33.3 Å². The number of carbonyl (C=O) groups excluding carboxylic acids is 2. The van der Waals surface area contributed by atoms with Gasteiger partial charge in [0, 0.05) is 24.7 Å². The maximum atomic E-state index is 12.2. The first kappa shape index (κ1) is 22.1. The van der Waals surface area contributed by atoms with Crippen molar-refractivity contribution >= 4 is 17.5 Å². The average Bonchev–Trinajstić information content (AvgIpc) is 3.22. The molecule has 0 aliphatic carbocycles. The molecule has 2 amide bonds. The number of nitrogens with zero attached hydrogens (tertiary/aromatic N) is 1. The van der Waals surface area contributed by atoms with Gasteiger partial charge in [0.05, 0.1) is 0 Å². The van der Waals surface area contributed by atoms with Crippen LogP contribution in [-0.4, -0.2) is 23.5 Å². The van der Waals surface area contributed by atoms with Gasteiger partial charge in [-0.1, -0.05) is 49.3 Å². The Kier molecular flexibility index (Phi) is 7.81. The van der Waals surface area contributed by atoms with E-state index in [-0.39, 0.29) is 24.1 Å². The highest BCUT2D eigenvalue weighted by Gasteiger charge is 2.13. The number of benzene rings is 2. The van der Waals surface area contributed by atoms with Gasteiger partial charge in [-0.15, -0.1) is 0 Å². The molecule has 7 heteroatoms. The summed E-state index contributed by atoms with van der Waals surface area (Å²) in [5, 5.41) is 9.49. The molecule has 0 spiro atoms. The Hall–Kier alpha value is -3.61. The molecule has 31 heavy (non-hydrogen) atoms. The number of hydrogen-bond donors (Lipinski definition) is 2. The molecule has 2 N–H and O–H groups in total. The third-order valence-electron chi connectivity index (χ3n) is 4.45. The fourth-order valence-electron chi connectivity index (χ4n) is 2.92. The van der Waals surface area contributed by atoms with Crippen molar-refractivity contribution in [3.05, 3.63) is 77.7 Å². The van der Waals surface area contributed by atoms with Crippen molar-refractivity contribution in [2.75, 3.05) is 11.9 Å². The summed E-state index contributed by atoms with van der Waals surface area (Å²) >= 11 is 0. The van der Waals surface area contributed by atoms with E-state index in [1.807, 2.05) is 44.2 Å². The third kappa shape index (κ3) is 7.29. The lowest BCUT2D eigenvalue weighted by atomic mass is 10.1. The van der Waals surface area contributed by atoms with Gasteiger partial charge in [-0.05, 0) is 42.2 Å². The highest BCUT2D eigenvalue weighted by atomic mass is 16.5. The third-order valence-corrected chi connectivity index (χ3v) is 4.45. The number of rotatable bonds is 10. The van der Waals surface area contributed by atoms with E-state index in [1.165, 1.54) is 0 Å². The molecule has 1 heterocycles. The van der Waals surface area contributed by atoms with Gasteiger partial charge in [0.2, 0.25) is 5.91 Å². The van der Waals surface area contributed by atoms with Crippen LogP contribution >= 0.6 is 0 Å². The fourth-order valence-corrected chi connectivity index (χ4v) is 2.92. The number of carbonyl (C=O) groups is 2. The lowest BCUT2D eigenvalue weighted by Gasteiger charge is -2.08. The predicted molar refractivity (Wildman–Crippen MR) is 118 cm³/mol. The van der Waals surface area contributed by atoms with Crippen molar-refractivity contribution in [2.24, 2.45) is 5.92 Å². The quantitative estimate of drug-likeness (QED) is 0.511. The monoisotopic (exact) mass is 421 g/mol. The zero-order valence-electron chi connectivity index (χ0n) is 17.8. The van der Waals surface area contributed by atoms with Crippen molar-refractivity contribution in [3.63, 3.8) is 0 Å². The van der Waals surface area contributed by atoms with E-state index in [1.54, 1.807) is 30.3 Å². The summed E-state index contributed by atoms with van der Waals surface area (Å²) in [6, 6.07) is 18.6. The summed E-state index contributed by atoms with van der Waals surface area (Å²) < 4.78 is 10.9. The normalized spacial score (nSPS) is 10.7. The topological polar surface area (TPSA) is 93.5 Å². The minimum absolute atomic E-state index is 0.0140. The fraction of sp³-hybridized carbons (Fsp3) is 0.292. The van der Waals surface area contributed by atoms with Gasteiger partial charge in [0.1, 0.15) is 12.4 Å². The van der Waals surface area contributed by atoms with Crippen molar-refractivity contribution in [1.82, 2.24) is 10.5 Å². The minimum Gasteiger partial charge on any atom is -0.486 e. The second-order valence-corrected chi connectivity index (χ2v) is 7.63. The molecule has 0 saturated carbocycles. The lowest BCUT2D eigenvalue weighted by Crippen LogP contribution is -2.25. The molecule has 3 aromatic rings. The summed E-state index contributed by atoms with van der Waals surface area (Å²) in [5.74, 6) is 1.07. The molecule has 3 rings (SSSR count). The molecule has 7 nitrogen and oxygen atoms in total. The molecular weight excluding hydrogens is 394 g/mol. The molecule has 1 aromatic heterocycles. The van der Waals surface area contributed by atoms with Gasteiger partial charge in [0.25, 0.3) is 5.91 Å². The van der Waals surface area contributed by atoms with Gasteiger partial charge in [-0.2, -0.15) is 0 Å². The van der Waals surface area contributed by atoms with Crippen LogP contribution in [0, 0.1) is 5.92 Å². The Bertz CT molecular complexity index is 982. The van der Waals surface area contributed by atoms with Crippen molar-refractivity contribution in [3.8, 4) is 5.75 Å². The van der Waals surface area contributed by atoms with Crippen LogP contribution in [0.1, 0.15) is 42.1 Å². The predicted octanol–water partition coefficient (Wildman–Crippen LogP) is 4.21. The second kappa shape index (κ2) is 11.0. The minimum atomic E-state index is -0.285. The largest absolute Gasteiger partial charge is 0.486 e. The van der Waals surface area contributed by atoms with E-state index in [4.69, 9.17) is 9.26 Å². The summed E-state index contributed by atoms with van der Waals surface area (Å²) in [7, 11) is 0. The van der Waals surface area contributed by atoms with Crippen LogP contribution < -0.4 is 15.4 Å². The molecule has 0 bridgehead atoms. The van der Waals surface area contributed by atoms with Crippen molar-refractivity contribution < 1.29 is 18.8 Å². The molecule has 0 atom stereocenters. The smallest absolute Gasteiger partial charge is 0.273 e. The number of anilines is 1. The number of hydrogen-bond acceptors (Lipinski definition) is 5. The molecule has 0 radical (unpaired) electrons. The maximum Gasteiger partial charge on any atom is 0.273 e. The number of nitrogens with one attached hydrogen (secondary N) is 2. The standard InChI is InChI=1S/C24H27N3O4/c1-17(2)14-23(28)26-19-8-10-20(11-9-19)30-16-21-15-22(27-31-21)24(29)25-13-12-18-6-4-3-5-7-18/h3-11,15,17H,12-14,16H2,1-2H3,(H,25,29)(H,26,28). The van der Waals surface area contributed by atoms with Crippen molar-refractivity contribution in [1.29, 1.82) is 0 Å². The Morgan fingerprint density at radius 3 is 2.52 bits per heavy atom. The van der Waals surface area contributed by atoms with Gasteiger partial charge >= 0.3 is 0 Å². The molecule has 0 aliphatic heterocycles. The zero-order chi connectivity index (χ0) is 22.1. The lowest BCUT2D eigenvalue weighted by molar-refractivity contribution is -0.116. The van der Waals surface area contributed by atoms with Crippen LogP contribution in [0.4, 0.5) is 5.69 Å². The number of ether oxygens (including phenoxy) is 1. The van der Waals surface area contributed by atoms with Gasteiger partial charge < -0.3 is 19.9 Å². The van der Waals surface area contributed by atoms with E-state index in [0.717, 1.165) is 12.0 Å². The second-order valence-electron chi connectivity index (χ2n) is 7.63. The molecule has 0 saturated heterocycles. The Morgan fingerprint density at radius 2 is 1.81 bits per heavy atom. The van der Waals surface area contributed by atoms with E-state index in [0.29, 0.717) is 36.1 Å². The number of aromatic nitrogens is 1. The molecule has 0 fully saturated rings. The highest BCUT2D eigenvalue weighted by molar-refractivity contribution is 5.92. The average molecular weight is 421 g/mol. The van der Waals surface area contributed by atoms with E-state index in [9.17, 15) is 9.59 Å². The van der Waals surface area contributed by atoms with Crippen LogP contribution in [-0.2, 0) is 17.8 Å². The summed E-state index contributed by atoms with van der Waals surface area (Å²) in [4.78, 5) is 24.0. The van der Waals surface area contributed by atoms with Crippen LogP contribution in [0.25, 0.3) is 0 Å². The maximum absolute atomic E-state index is 12.2. The highest BCUT2D eigenvalue weighted by Crippen LogP contribution is 2.18. The van der Waals surface area contributed by atoms with Crippen LogP contribution in [0.5, 0.6) is 5.75 Å². The first-order chi connectivity index (χ1) is 15.0. The molecule has 2 aromatic carbocycles. The zero-order valence-corrected chi connectivity index (χ0v) is 17.8. The first-order valence-corrected chi connectivity index (χ1v) is 10.3. The van der Waals surface area contributed by atoms with Gasteiger partial charge in [-0.25, -0.2) is 0 Å². The Morgan fingerprint density at radius 1 is 1.06 bits per heavy atom. The van der Waals surface area contributed by atoms with E-state index >= 15 is 0 Å². The molecular formula is C24H27N3O4. The molecule has 0 unspecified atom stereocenters. The van der Waals surface area contributed by atoms with E-state index < -0.39 is 0 Å². The Balaban J connectivity index is 1.43. The number of amides is 2.